The van der Waals surface area contributed by atoms with Crippen LogP contribution in [0, 0.1) is 19.7 Å². The molecule has 140 valence electrons. The molecule has 0 atom stereocenters. The summed E-state index contributed by atoms with van der Waals surface area (Å²) >= 11 is 0. The van der Waals surface area contributed by atoms with Crippen LogP contribution >= 0.6 is 0 Å². The van der Waals surface area contributed by atoms with Crippen LogP contribution in [0.1, 0.15) is 16.8 Å². The SMILES string of the molecule is Cc1nc2ccccc2c(C)c1CC(=O)Nc1cc(S(C)(=O)=O)ccc1F. The fraction of sp³-hybridized carbons (Fsp3) is 0.200. The number of rotatable bonds is 4. The van der Waals surface area contributed by atoms with Gasteiger partial charge in [0.1, 0.15) is 5.82 Å². The molecule has 0 saturated heterocycles. The molecule has 5 nitrogen and oxygen atoms in total. The lowest BCUT2D eigenvalue weighted by Gasteiger charge is -2.13. The van der Waals surface area contributed by atoms with Crippen molar-refractivity contribution in [2.24, 2.45) is 0 Å². The Hall–Kier alpha value is -2.80. The van der Waals surface area contributed by atoms with E-state index in [2.05, 4.69) is 10.3 Å². The molecule has 1 N–H and O–H groups in total. The summed E-state index contributed by atoms with van der Waals surface area (Å²) in [5.41, 5.74) is 3.13. The number of hydrogen-bond donors (Lipinski definition) is 1. The fourth-order valence-electron chi connectivity index (χ4n) is 3.02. The molecule has 3 rings (SSSR count). The number of anilines is 1. The summed E-state index contributed by atoms with van der Waals surface area (Å²) in [4.78, 5) is 17.0. The van der Waals surface area contributed by atoms with Gasteiger partial charge in [0.25, 0.3) is 0 Å². The number of sulfone groups is 1. The quantitative estimate of drug-likeness (QED) is 0.696. The standard InChI is InChI=1S/C20H19FN2O3S/c1-12-15-6-4-5-7-18(15)22-13(2)16(12)11-20(24)23-19-10-14(27(3,25)26)8-9-17(19)21/h4-10H,11H2,1-3H3,(H,23,24). The van der Waals surface area contributed by atoms with E-state index in [1.165, 1.54) is 6.07 Å². The minimum Gasteiger partial charge on any atom is -0.323 e. The number of aryl methyl sites for hydroxylation is 2. The van der Waals surface area contributed by atoms with Crippen LogP contribution in [0.25, 0.3) is 10.9 Å². The lowest BCUT2D eigenvalue weighted by molar-refractivity contribution is -0.115. The number of carbonyl (C=O) groups is 1. The summed E-state index contributed by atoms with van der Waals surface area (Å²) in [6, 6.07) is 11.0. The van der Waals surface area contributed by atoms with Gasteiger partial charge in [-0.3, -0.25) is 9.78 Å². The number of nitrogens with one attached hydrogen (secondary N) is 1. The number of nitrogens with zero attached hydrogens (tertiary/aromatic N) is 1. The molecule has 3 aromatic rings. The van der Waals surface area contributed by atoms with E-state index < -0.39 is 21.6 Å². The Labute approximate surface area is 157 Å². The second-order valence-electron chi connectivity index (χ2n) is 6.46. The van der Waals surface area contributed by atoms with Gasteiger partial charge in [-0.05, 0) is 49.2 Å². The van der Waals surface area contributed by atoms with Crippen molar-refractivity contribution in [1.82, 2.24) is 4.98 Å². The number of benzene rings is 2. The summed E-state index contributed by atoms with van der Waals surface area (Å²) in [5.74, 6) is -1.14. The zero-order chi connectivity index (χ0) is 19.8. The molecule has 0 saturated carbocycles. The minimum absolute atomic E-state index is 0.0119. The highest BCUT2D eigenvalue weighted by Gasteiger charge is 2.16. The van der Waals surface area contributed by atoms with Crippen LogP contribution in [-0.2, 0) is 21.1 Å². The molecule has 0 aliphatic heterocycles. The van der Waals surface area contributed by atoms with E-state index in [9.17, 15) is 17.6 Å². The van der Waals surface area contributed by atoms with Crippen LogP contribution < -0.4 is 5.32 Å². The Bertz CT molecular complexity index is 1160. The van der Waals surface area contributed by atoms with Crippen molar-refractivity contribution in [3.8, 4) is 0 Å². The largest absolute Gasteiger partial charge is 0.323 e. The average Bonchev–Trinajstić information content (AvgIpc) is 2.59. The second-order valence-corrected chi connectivity index (χ2v) is 8.47. The van der Waals surface area contributed by atoms with Crippen LogP contribution in [0.4, 0.5) is 10.1 Å². The molecule has 0 aliphatic rings. The van der Waals surface area contributed by atoms with Gasteiger partial charge in [-0.1, -0.05) is 18.2 Å². The molecular weight excluding hydrogens is 367 g/mol. The van der Waals surface area contributed by atoms with Crippen LogP contribution in [0.2, 0.25) is 0 Å². The van der Waals surface area contributed by atoms with Gasteiger partial charge < -0.3 is 5.32 Å². The summed E-state index contributed by atoms with van der Waals surface area (Å²) in [5, 5.41) is 3.42. The van der Waals surface area contributed by atoms with Crippen molar-refractivity contribution in [3.05, 3.63) is 65.1 Å². The third-order valence-corrected chi connectivity index (χ3v) is 5.57. The summed E-state index contributed by atoms with van der Waals surface area (Å²) < 4.78 is 37.3. The van der Waals surface area contributed by atoms with E-state index >= 15 is 0 Å². The molecule has 7 heteroatoms. The molecule has 0 fully saturated rings. The van der Waals surface area contributed by atoms with Gasteiger partial charge in [-0.2, -0.15) is 0 Å². The van der Waals surface area contributed by atoms with E-state index in [4.69, 9.17) is 0 Å². The number of pyridine rings is 1. The Kier molecular flexibility index (Phi) is 4.97. The van der Waals surface area contributed by atoms with E-state index in [0.717, 1.165) is 46.1 Å². The first-order chi connectivity index (χ1) is 12.7. The normalized spacial score (nSPS) is 11.6. The zero-order valence-electron chi connectivity index (χ0n) is 15.2. The Morgan fingerprint density at radius 1 is 1.15 bits per heavy atom. The van der Waals surface area contributed by atoms with Crippen molar-refractivity contribution in [2.75, 3.05) is 11.6 Å². The van der Waals surface area contributed by atoms with Gasteiger partial charge in [-0.25, -0.2) is 12.8 Å². The fourth-order valence-corrected chi connectivity index (χ4v) is 3.66. The maximum Gasteiger partial charge on any atom is 0.228 e. The van der Waals surface area contributed by atoms with Crippen molar-refractivity contribution < 1.29 is 17.6 Å². The van der Waals surface area contributed by atoms with Crippen molar-refractivity contribution in [2.45, 2.75) is 25.2 Å². The van der Waals surface area contributed by atoms with Gasteiger partial charge in [0.2, 0.25) is 5.91 Å². The van der Waals surface area contributed by atoms with E-state index in [1.54, 1.807) is 0 Å². The maximum absolute atomic E-state index is 14.0. The number of carbonyl (C=O) groups excluding carboxylic acids is 1. The molecule has 0 radical (unpaired) electrons. The predicted molar refractivity (Wildman–Crippen MR) is 103 cm³/mol. The summed E-state index contributed by atoms with van der Waals surface area (Å²) in [7, 11) is -3.50. The topological polar surface area (TPSA) is 76.1 Å². The molecule has 1 amide bonds. The Morgan fingerprint density at radius 3 is 2.56 bits per heavy atom. The maximum atomic E-state index is 14.0. The zero-order valence-corrected chi connectivity index (χ0v) is 16.0. The van der Waals surface area contributed by atoms with Gasteiger partial charge in [-0.15, -0.1) is 0 Å². The molecule has 1 aromatic heterocycles. The number of fused-ring (bicyclic) bond motifs is 1. The third-order valence-electron chi connectivity index (χ3n) is 4.46. The van der Waals surface area contributed by atoms with E-state index in [0.29, 0.717) is 0 Å². The highest BCUT2D eigenvalue weighted by Crippen LogP contribution is 2.24. The lowest BCUT2D eigenvalue weighted by atomic mass is 9.99. The highest BCUT2D eigenvalue weighted by atomic mass is 32.2. The van der Waals surface area contributed by atoms with Crippen LogP contribution in [0.15, 0.2) is 47.4 Å². The van der Waals surface area contributed by atoms with Crippen molar-refractivity contribution >= 4 is 32.3 Å². The third kappa shape index (κ3) is 3.98. The first-order valence-electron chi connectivity index (χ1n) is 8.31. The van der Waals surface area contributed by atoms with E-state index in [-0.39, 0.29) is 17.0 Å². The monoisotopic (exact) mass is 386 g/mol. The van der Waals surface area contributed by atoms with Gasteiger partial charge in [0.15, 0.2) is 9.84 Å². The molecule has 1 heterocycles. The van der Waals surface area contributed by atoms with Crippen molar-refractivity contribution in [1.29, 1.82) is 0 Å². The Balaban J connectivity index is 1.90. The number of hydrogen-bond acceptors (Lipinski definition) is 4. The van der Waals surface area contributed by atoms with Crippen LogP contribution in [0.5, 0.6) is 0 Å². The molecule has 0 spiro atoms. The minimum atomic E-state index is -3.50. The molecule has 2 aromatic carbocycles. The molecular formula is C20H19FN2O3S. The first kappa shape index (κ1) is 19.0. The smallest absolute Gasteiger partial charge is 0.228 e. The van der Waals surface area contributed by atoms with Crippen LogP contribution in [0.3, 0.4) is 0 Å². The van der Waals surface area contributed by atoms with Gasteiger partial charge in [0.05, 0.1) is 22.5 Å². The van der Waals surface area contributed by atoms with Gasteiger partial charge >= 0.3 is 0 Å². The number of aromatic nitrogens is 1. The average molecular weight is 386 g/mol. The second kappa shape index (κ2) is 7.08. The van der Waals surface area contributed by atoms with Crippen molar-refractivity contribution in [3.63, 3.8) is 0 Å². The number of halogens is 1. The van der Waals surface area contributed by atoms with E-state index in [1.807, 2.05) is 38.1 Å². The Morgan fingerprint density at radius 2 is 1.85 bits per heavy atom. The highest BCUT2D eigenvalue weighted by molar-refractivity contribution is 7.90. The van der Waals surface area contributed by atoms with Gasteiger partial charge in [0, 0.05) is 17.3 Å². The lowest BCUT2D eigenvalue weighted by Crippen LogP contribution is -2.17. The molecule has 0 bridgehead atoms. The first-order valence-corrected chi connectivity index (χ1v) is 10.2. The summed E-state index contributed by atoms with van der Waals surface area (Å²) in [6.07, 6.45) is 1.04. The number of para-hydroxylation sites is 1. The molecule has 0 unspecified atom stereocenters. The van der Waals surface area contributed by atoms with Crippen LogP contribution in [-0.4, -0.2) is 25.6 Å². The molecule has 0 aliphatic carbocycles. The molecule has 27 heavy (non-hydrogen) atoms. The summed E-state index contributed by atoms with van der Waals surface area (Å²) in [6.45, 7) is 3.75. The predicted octanol–water partition coefficient (Wildman–Crippen LogP) is 3.58. The number of amides is 1.